The third-order valence-corrected chi connectivity index (χ3v) is 8.56. The number of ether oxygens (including phenoxy) is 4. The Morgan fingerprint density at radius 2 is 1.22 bits per heavy atom. The number of carbonyl (C=O) groups is 1. The Morgan fingerprint density at radius 3 is 1.62 bits per heavy atom. The molecular weight excluding hydrogens is 592 g/mol. The van der Waals surface area contributed by atoms with Crippen molar-refractivity contribution in [3.8, 4) is 0 Å². The number of carboxylic acid groups (broad SMARTS) is 1. The molecule has 14 nitrogen and oxygen atoms in total. The van der Waals surface area contributed by atoms with Crippen molar-refractivity contribution in [1.82, 2.24) is 9.80 Å². The second kappa shape index (κ2) is 15.2. The number of hydrogen-bond donors (Lipinski definition) is 7. The van der Waals surface area contributed by atoms with E-state index >= 15 is 0 Å². The van der Waals surface area contributed by atoms with Crippen LogP contribution in [-0.2, 0) is 18.9 Å². The van der Waals surface area contributed by atoms with Crippen LogP contribution in [0, 0.1) is 0 Å². The Hall–Kier alpha value is -2.73. The van der Waals surface area contributed by atoms with Crippen LogP contribution in [0.15, 0.2) is 60.7 Å². The molecule has 248 valence electrons. The number of nitrogens with zero attached hydrogens (tertiary/aromatic N) is 2. The molecule has 0 saturated carbocycles. The zero-order valence-corrected chi connectivity index (χ0v) is 24.6. The third kappa shape index (κ3) is 8.17. The summed E-state index contributed by atoms with van der Waals surface area (Å²) in [7, 11) is 0. The van der Waals surface area contributed by atoms with Gasteiger partial charge in [0.05, 0.1) is 25.4 Å². The van der Waals surface area contributed by atoms with Crippen molar-refractivity contribution in [2.24, 2.45) is 0 Å². The molecule has 11 atom stereocenters. The van der Waals surface area contributed by atoms with E-state index in [0.717, 1.165) is 0 Å². The van der Waals surface area contributed by atoms with E-state index in [4.69, 9.17) is 18.9 Å². The highest BCUT2D eigenvalue weighted by Gasteiger charge is 2.43. The van der Waals surface area contributed by atoms with Crippen molar-refractivity contribution >= 4 is 6.09 Å². The van der Waals surface area contributed by atoms with Gasteiger partial charge in [-0.2, -0.15) is 0 Å². The number of aliphatic hydroxyl groups is 6. The summed E-state index contributed by atoms with van der Waals surface area (Å²) in [6.45, 7) is -0.506. The molecule has 2 unspecified atom stereocenters. The summed E-state index contributed by atoms with van der Waals surface area (Å²) >= 11 is 0. The molecule has 0 bridgehead atoms. The van der Waals surface area contributed by atoms with Crippen LogP contribution in [0.5, 0.6) is 0 Å². The molecule has 7 N–H and O–H groups in total. The topological polar surface area (TPSA) is 202 Å². The Bertz CT molecular complexity index is 1130. The molecule has 0 spiro atoms. The van der Waals surface area contributed by atoms with Gasteiger partial charge >= 0.3 is 6.09 Å². The highest BCUT2D eigenvalue weighted by Crippen LogP contribution is 2.31. The molecule has 3 saturated heterocycles. The van der Waals surface area contributed by atoms with E-state index in [1.165, 1.54) is 4.90 Å². The van der Waals surface area contributed by atoms with Crippen molar-refractivity contribution in [2.45, 2.75) is 73.9 Å². The summed E-state index contributed by atoms with van der Waals surface area (Å²) in [6.07, 6.45) is -13.6. The highest BCUT2D eigenvalue weighted by molar-refractivity contribution is 5.65. The van der Waals surface area contributed by atoms with Gasteiger partial charge < -0.3 is 59.6 Å². The smallest absolute Gasteiger partial charge is 0.407 e. The second-order valence-electron chi connectivity index (χ2n) is 11.7. The fourth-order valence-corrected chi connectivity index (χ4v) is 6.01. The molecule has 3 heterocycles. The van der Waals surface area contributed by atoms with Crippen molar-refractivity contribution in [2.75, 3.05) is 39.4 Å². The molecule has 2 aromatic carbocycles. The van der Waals surface area contributed by atoms with Gasteiger partial charge in [0, 0.05) is 43.3 Å². The highest BCUT2D eigenvalue weighted by atomic mass is 16.7. The lowest BCUT2D eigenvalue weighted by Gasteiger charge is -2.41. The molecule has 0 aliphatic carbocycles. The standard InChI is InChI=1S/C31H42N2O12/c34-21(25(38)27-23(36)16-42-29(44-27)18-7-3-1-4-8-18)14-33(20-11-12-32(13-20)31(40)41)15-22(35)26(39)28-24(37)17-43-30(45-28)19-9-5-2-6-10-19/h1-10,20-30,34-39H,11-17H2,(H,40,41)/t20-,21-,22-,23+,24+,25+,26+,27+,28+,29?,30?/m0/s1. The maximum Gasteiger partial charge on any atom is 0.407 e. The first-order valence-electron chi connectivity index (χ1n) is 15.1. The molecule has 45 heavy (non-hydrogen) atoms. The molecule has 2 aromatic rings. The average molecular weight is 635 g/mol. The van der Waals surface area contributed by atoms with Crippen LogP contribution < -0.4 is 0 Å². The molecule has 3 aliphatic heterocycles. The average Bonchev–Trinajstić information content (AvgIpc) is 3.56. The van der Waals surface area contributed by atoms with Gasteiger partial charge in [0.15, 0.2) is 12.6 Å². The molecule has 0 radical (unpaired) electrons. The fourth-order valence-electron chi connectivity index (χ4n) is 6.01. The molecular formula is C31H42N2O12. The lowest BCUT2D eigenvalue weighted by Crippen LogP contribution is -2.57. The molecule has 0 aromatic heterocycles. The van der Waals surface area contributed by atoms with E-state index in [1.54, 1.807) is 53.4 Å². The predicted octanol–water partition coefficient (Wildman–Crippen LogP) is -0.565. The summed E-state index contributed by atoms with van der Waals surface area (Å²) in [6, 6.07) is 17.4. The lowest BCUT2D eigenvalue weighted by molar-refractivity contribution is -0.285. The van der Waals surface area contributed by atoms with Crippen LogP contribution in [0.3, 0.4) is 0 Å². The predicted molar refractivity (Wildman–Crippen MR) is 156 cm³/mol. The first-order valence-corrected chi connectivity index (χ1v) is 15.1. The first-order chi connectivity index (χ1) is 21.6. The van der Waals surface area contributed by atoms with E-state index in [1.807, 2.05) is 12.1 Å². The number of likely N-dealkylation sites (tertiary alicyclic amines) is 1. The van der Waals surface area contributed by atoms with Gasteiger partial charge in [0.2, 0.25) is 0 Å². The fraction of sp³-hybridized carbons (Fsp3) is 0.581. The van der Waals surface area contributed by atoms with Crippen LogP contribution in [0.2, 0.25) is 0 Å². The normalized spacial score (nSPS) is 31.8. The minimum absolute atomic E-state index is 0.0694. The van der Waals surface area contributed by atoms with Crippen LogP contribution >= 0.6 is 0 Å². The summed E-state index contributed by atoms with van der Waals surface area (Å²) in [5.41, 5.74) is 1.34. The molecule has 3 fully saturated rings. The van der Waals surface area contributed by atoms with Gasteiger partial charge in [-0.05, 0) is 6.42 Å². The van der Waals surface area contributed by atoms with Crippen molar-refractivity contribution in [1.29, 1.82) is 0 Å². The van der Waals surface area contributed by atoms with E-state index in [0.29, 0.717) is 17.5 Å². The zero-order valence-electron chi connectivity index (χ0n) is 24.6. The van der Waals surface area contributed by atoms with Gasteiger partial charge in [0.1, 0.15) is 36.6 Å². The van der Waals surface area contributed by atoms with Gasteiger partial charge in [0.25, 0.3) is 0 Å². The minimum atomic E-state index is -1.58. The van der Waals surface area contributed by atoms with Crippen molar-refractivity contribution < 1.29 is 59.5 Å². The Labute approximate surface area is 260 Å². The zero-order chi connectivity index (χ0) is 32.1. The molecule has 3 aliphatic rings. The summed E-state index contributed by atoms with van der Waals surface area (Å²) in [5, 5.41) is 75.2. The van der Waals surface area contributed by atoms with E-state index in [2.05, 4.69) is 0 Å². The Kier molecular flexibility index (Phi) is 11.4. The molecule has 14 heteroatoms. The van der Waals surface area contributed by atoms with Gasteiger partial charge in [-0.15, -0.1) is 0 Å². The molecule has 5 rings (SSSR count). The maximum absolute atomic E-state index is 11.6. The van der Waals surface area contributed by atoms with Crippen LogP contribution in [0.4, 0.5) is 4.79 Å². The largest absolute Gasteiger partial charge is 0.465 e. The van der Waals surface area contributed by atoms with Crippen LogP contribution in [0.25, 0.3) is 0 Å². The Balaban J connectivity index is 1.27. The summed E-state index contributed by atoms with van der Waals surface area (Å²) in [5.74, 6) is 0. The van der Waals surface area contributed by atoms with Gasteiger partial charge in [-0.25, -0.2) is 4.79 Å². The number of rotatable bonds is 11. The second-order valence-corrected chi connectivity index (χ2v) is 11.7. The number of hydrogen-bond acceptors (Lipinski definition) is 12. The van der Waals surface area contributed by atoms with Crippen LogP contribution in [0.1, 0.15) is 30.1 Å². The maximum atomic E-state index is 11.6. The Morgan fingerprint density at radius 1 is 0.778 bits per heavy atom. The van der Waals surface area contributed by atoms with Crippen LogP contribution in [-0.4, -0.2) is 146 Å². The number of aliphatic hydroxyl groups excluding tert-OH is 6. The first kappa shape index (κ1) is 33.6. The minimum Gasteiger partial charge on any atom is -0.465 e. The van der Waals surface area contributed by atoms with Gasteiger partial charge in [-0.1, -0.05) is 60.7 Å². The van der Waals surface area contributed by atoms with Crippen molar-refractivity contribution in [3.05, 3.63) is 71.8 Å². The SMILES string of the molecule is O=C(O)N1CC[C@H](N(C[C@H](O)[C@@H](O)[C@@H]2OC(c3ccccc3)OC[C@H]2O)C[C@H](O)[C@@H](O)[C@@H]2OC(c3ccccc3)OC[C@H]2O)C1. The van der Waals surface area contributed by atoms with Gasteiger partial charge in [-0.3, -0.25) is 4.90 Å². The van der Waals surface area contributed by atoms with E-state index in [9.17, 15) is 40.5 Å². The quantitative estimate of drug-likeness (QED) is 0.166. The van der Waals surface area contributed by atoms with E-state index in [-0.39, 0.29) is 39.4 Å². The number of benzene rings is 2. The van der Waals surface area contributed by atoms with Crippen molar-refractivity contribution in [3.63, 3.8) is 0 Å². The summed E-state index contributed by atoms with van der Waals surface area (Å²) in [4.78, 5) is 14.4. The summed E-state index contributed by atoms with van der Waals surface area (Å²) < 4.78 is 22.8. The molecule has 1 amide bonds. The lowest BCUT2D eigenvalue weighted by atomic mass is 9.98. The van der Waals surface area contributed by atoms with E-state index < -0.39 is 73.5 Å². The number of amides is 1. The third-order valence-electron chi connectivity index (χ3n) is 8.56. The monoisotopic (exact) mass is 634 g/mol.